The smallest absolute Gasteiger partial charge is 0.276 e. The van der Waals surface area contributed by atoms with Gasteiger partial charge in [0.25, 0.3) is 5.91 Å². The Kier molecular flexibility index (Phi) is 12.6. The van der Waals surface area contributed by atoms with Crippen LogP contribution in [0.3, 0.4) is 0 Å². The van der Waals surface area contributed by atoms with Gasteiger partial charge in [-0.05, 0) is 68.1 Å². The number of ether oxygens (including phenoxy) is 1. The summed E-state index contributed by atoms with van der Waals surface area (Å²) in [4.78, 5) is 25.0. The van der Waals surface area contributed by atoms with E-state index in [2.05, 4.69) is 17.6 Å². The normalized spacial score (nSPS) is 12.0. The van der Waals surface area contributed by atoms with E-state index in [1.54, 1.807) is 36.7 Å². The molecule has 38 heavy (non-hydrogen) atoms. The van der Waals surface area contributed by atoms with Crippen LogP contribution in [0, 0.1) is 6.92 Å². The van der Waals surface area contributed by atoms with E-state index in [-0.39, 0.29) is 28.8 Å². The minimum atomic E-state index is -3.72. The first-order valence-corrected chi connectivity index (χ1v) is 14.7. The van der Waals surface area contributed by atoms with Crippen molar-refractivity contribution in [1.82, 2.24) is 10.8 Å². The van der Waals surface area contributed by atoms with Crippen LogP contribution < -0.4 is 20.9 Å². The van der Waals surface area contributed by atoms with Crippen LogP contribution in [-0.4, -0.2) is 44.5 Å². The van der Waals surface area contributed by atoms with Crippen molar-refractivity contribution in [3.8, 4) is 5.75 Å². The molecule has 0 aliphatic rings. The third-order valence-corrected chi connectivity index (χ3v) is 7.90. The molecule has 2 aromatic carbocycles. The maximum atomic E-state index is 12.8. The van der Waals surface area contributed by atoms with E-state index < -0.39 is 21.6 Å². The summed E-state index contributed by atoms with van der Waals surface area (Å²) < 4.78 is 30.7. The van der Waals surface area contributed by atoms with E-state index in [0.717, 1.165) is 18.4 Å². The van der Waals surface area contributed by atoms with Gasteiger partial charge in [-0.25, -0.2) is 13.9 Å². The Hall–Kier alpha value is -3.11. The Morgan fingerprint density at radius 3 is 2.37 bits per heavy atom. The van der Waals surface area contributed by atoms with Crippen molar-refractivity contribution in [3.05, 3.63) is 53.1 Å². The van der Waals surface area contributed by atoms with Crippen molar-refractivity contribution < 1.29 is 28.0 Å². The lowest BCUT2D eigenvalue weighted by atomic mass is 9.99. The Balaban J connectivity index is 2.04. The zero-order valence-corrected chi connectivity index (χ0v) is 23.6. The van der Waals surface area contributed by atoms with Crippen LogP contribution >= 0.6 is 0 Å². The lowest BCUT2D eigenvalue weighted by Crippen LogP contribution is -2.32. The van der Waals surface area contributed by atoms with Crippen LogP contribution in [0.5, 0.6) is 5.75 Å². The molecule has 0 fully saturated rings. The van der Waals surface area contributed by atoms with Crippen LogP contribution in [0.2, 0.25) is 0 Å². The Bertz CT molecular complexity index is 1170. The van der Waals surface area contributed by atoms with Gasteiger partial charge in [-0.1, -0.05) is 45.1 Å². The average Bonchev–Trinajstić information content (AvgIpc) is 2.90. The summed E-state index contributed by atoms with van der Waals surface area (Å²) in [5.74, 6) is -0.759. The number of rotatable bonds is 16. The van der Waals surface area contributed by atoms with Crippen molar-refractivity contribution >= 4 is 27.3 Å². The first kappa shape index (κ1) is 31.1. The highest BCUT2D eigenvalue weighted by atomic mass is 32.2. The first-order valence-electron chi connectivity index (χ1n) is 13.1. The lowest BCUT2D eigenvalue weighted by molar-refractivity contribution is -0.121. The van der Waals surface area contributed by atoms with Gasteiger partial charge in [0.2, 0.25) is 5.91 Å². The lowest BCUT2D eigenvalue weighted by Gasteiger charge is -2.17. The highest BCUT2D eigenvalue weighted by Crippen LogP contribution is 2.25. The number of sulfone groups is 1. The zero-order chi connectivity index (χ0) is 28.1. The molecule has 0 heterocycles. The van der Waals surface area contributed by atoms with Gasteiger partial charge in [0.05, 0.1) is 23.3 Å². The second kappa shape index (κ2) is 15.3. The number of nitrogens with one attached hydrogen (secondary N) is 3. The third-order valence-electron chi connectivity index (χ3n) is 6.39. The fourth-order valence-electron chi connectivity index (χ4n) is 4.24. The topological polar surface area (TPSA) is 134 Å². The first-order chi connectivity index (χ1) is 18.1. The van der Waals surface area contributed by atoms with E-state index in [1.807, 2.05) is 6.92 Å². The summed E-state index contributed by atoms with van der Waals surface area (Å²) in [6, 6.07) is 9.48. The van der Waals surface area contributed by atoms with Gasteiger partial charge in [0.15, 0.2) is 9.84 Å². The molecule has 1 unspecified atom stereocenters. The molecule has 0 bridgehead atoms. The highest BCUT2D eigenvalue weighted by Gasteiger charge is 2.20. The zero-order valence-electron chi connectivity index (χ0n) is 22.8. The Morgan fingerprint density at radius 1 is 1.05 bits per heavy atom. The van der Waals surface area contributed by atoms with Gasteiger partial charge in [-0.2, -0.15) is 0 Å². The standard InChI is InChI=1S/C28H41N3O6S/c1-5-6-7-8-9-10-21(3)30-26(32)16-11-22-17-20(2)27(25(18-22)28(33)31-34)29-19-38(35,36)24-14-12-23(37-4)13-15-24/h12-15,17-18,21,29,34H,5-11,16,19H2,1-4H3,(H,30,32)(H,31,33). The molecular weight excluding hydrogens is 506 g/mol. The monoisotopic (exact) mass is 547 g/mol. The average molecular weight is 548 g/mol. The van der Waals surface area contributed by atoms with E-state index in [1.165, 1.54) is 44.9 Å². The molecule has 0 aliphatic heterocycles. The van der Waals surface area contributed by atoms with Crippen LogP contribution in [0.1, 0.15) is 80.3 Å². The van der Waals surface area contributed by atoms with Crippen molar-refractivity contribution in [2.75, 3.05) is 18.3 Å². The van der Waals surface area contributed by atoms with E-state index in [9.17, 15) is 23.2 Å². The summed E-state index contributed by atoms with van der Waals surface area (Å²) in [6.45, 7) is 5.93. The maximum absolute atomic E-state index is 12.8. The number of carbonyl (C=O) groups is 2. The predicted molar refractivity (Wildman–Crippen MR) is 148 cm³/mol. The number of hydrogen-bond acceptors (Lipinski definition) is 7. The molecular formula is C28H41N3O6S. The molecule has 0 spiro atoms. The summed E-state index contributed by atoms with van der Waals surface area (Å²) in [5.41, 5.74) is 3.35. The number of amides is 2. The van der Waals surface area contributed by atoms with Crippen LogP contribution in [-0.2, 0) is 21.1 Å². The quantitative estimate of drug-likeness (QED) is 0.135. The molecule has 210 valence electrons. The molecule has 0 aromatic heterocycles. The van der Waals surface area contributed by atoms with E-state index >= 15 is 0 Å². The van der Waals surface area contributed by atoms with Gasteiger partial charge in [-0.15, -0.1) is 0 Å². The minimum Gasteiger partial charge on any atom is -0.497 e. The van der Waals surface area contributed by atoms with Crippen molar-refractivity contribution in [2.24, 2.45) is 0 Å². The van der Waals surface area contributed by atoms with Crippen LogP contribution in [0.25, 0.3) is 0 Å². The highest BCUT2D eigenvalue weighted by molar-refractivity contribution is 7.91. The fourth-order valence-corrected chi connectivity index (χ4v) is 5.30. The number of aryl methyl sites for hydroxylation is 2. The summed E-state index contributed by atoms with van der Waals surface area (Å²) >= 11 is 0. The summed E-state index contributed by atoms with van der Waals surface area (Å²) in [7, 11) is -2.22. The molecule has 10 heteroatoms. The molecule has 2 rings (SSSR count). The fraction of sp³-hybridized carbons (Fsp3) is 0.500. The number of methoxy groups -OCH3 is 1. The second-order valence-electron chi connectivity index (χ2n) is 9.56. The number of unbranched alkanes of at least 4 members (excludes halogenated alkanes) is 4. The van der Waals surface area contributed by atoms with Crippen LogP contribution in [0.15, 0.2) is 41.3 Å². The van der Waals surface area contributed by atoms with Gasteiger partial charge >= 0.3 is 0 Å². The number of hydrogen-bond donors (Lipinski definition) is 4. The Morgan fingerprint density at radius 2 is 1.74 bits per heavy atom. The van der Waals surface area contributed by atoms with Crippen molar-refractivity contribution in [3.63, 3.8) is 0 Å². The van der Waals surface area contributed by atoms with E-state index in [4.69, 9.17) is 4.74 Å². The molecule has 9 nitrogen and oxygen atoms in total. The largest absolute Gasteiger partial charge is 0.497 e. The minimum absolute atomic E-state index is 0.0651. The van der Waals surface area contributed by atoms with Gasteiger partial charge in [-0.3, -0.25) is 14.8 Å². The van der Waals surface area contributed by atoms with Gasteiger partial charge in [0, 0.05) is 12.5 Å². The molecule has 0 aliphatic carbocycles. The molecule has 0 saturated heterocycles. The second-order valence-corrected chi connectivity index (χ2v) is 11.5. The maximum Gasteiger partial charge on any atom is 0.276 e. The summed E-state index contributed by atoms with van der Waals surface area (Å²) in [5, 5.41) is 15.1. The molecule has 2 amide bonds. The van der Waals surface area contributed by atoms with Crippen LogP contribution in [0.4, 0.5) is 5.69 Å². The Labute approximate surface area is 226 Å². The molecule has 0 radical (unpaired) electrons. The molecule has 0 saturated carbocycles. The van der Waals surface area contributed by atoms with Gasteiger partial charge < -0.3 is 15.4 Å². The number of hydroxylamine groups is 1. The molecule has 2 aromatic rings. The SMILES string of the molecule is CCCCCCCC(C)NC(=O)CCc1cc(C)c(NCS(=O)(=O)c2ccc(OC)cc2)c(C(=O)NO)c1. The predicted octanol–water partition coefficient (Wildman–Crippen LogP) is 4.76. The number of anilines is 1. The summed E-state index contributed by atoms with van der Waals surface area (Å²) in [6.07, 6.45) is 7.50. The van der Waals surface area contributed by atoms with E-state index in [0.29, 0.717) is 23.4 Å². The molecule has 4 N–H and O–H groups in total. The third kappa shape index (κ3) is 9.64. The molecule has 1 atom stereocenters. The van der Waals surface area contributed by atoms with Gasteiger partial charge in [0.1, 0.15) is 11.6 Å². The number of benzene rings is 2. The van der Waals surface area contributed by atoms with Crippen molar-refractivity contribution in [1.29, 1.82) is 0 Å². The van der Waals surface area contributed by atoms with Crippen molar-refractivity contribution in [2.45, 2.75) is 83.1 Å². The number of carbonyl (C=O) groups excluding carboxylic acids is 2.